The molecular weight excluding hydrogens is 182 g/mol. The first-order valence-corrected chi connectivity index (χ1v) is 4.15. The van der Waals surface area contributed by atoms with E-state index in [0.29, 0.717) is 12.0 Å². The molecule has 0 saturated carbocycles. The number of benzene rings is 1. The zero-order valence-electron chi connectivity index (χ0n) is 7.73. The van der Waals surface area contributed by atoms with Gasteiger partial charge in [0, 0.05) is 0 Å². The molecule has 4 heteroatoms. The fourth-order valence-corrected chi connectivity index (χ4v) is 1.27. The Morgan fingerprint density at radius 1 is 1.50 bits per heavy atom. The maximum absolute atomic E-state index is 10.8. The lowest BCUT2D eigenvalue weighted by atomic mass is 10.0. The van der Waals surface area contributed by atoms with E-state index in [2.05, 4.69) is 5.32 Å². The molecule has 0 aromatic heterocycles. The molecule has 0 bridgehead atoms. The van der Waals surface area contributed by atoms with Crippen LogP contribution in [0.2, 0.25) is 0 Å². The van der Waals surface area contributed by atoms with Gasteiger partial charge in [0.05, 0.1) is 0 Å². The fraction of sp³-hybridized carbons (Fsp3) is 0.200. The second-order valence-corrected chi connectivity index (χ2v) is 2.91. The van der Waals surface area contributed by atoms with Gasteiger partial charge in [-0.3, -0.25) is 4.79 Å². The monoisotopic (exact) mass is 193 g/mol. The molecule has 0 aliphatic heterocycles. The second kappa shape index (κ2) is 4.41. The summed E-state index contributed by atoms with van der Waals surface area (Å²) in [6.45, 7) is 1.80. The largest absolute Gasteiger partial charge is 0.479 e. The summed E-state index contributed by atoms with van der Waals surface area (Å²) in [5, 5.41) is 11.1. The van der Waals surface area contributed by atoms with E-state index in [1.807, 2.05) is 6.07 Å². The van der Waals surface area contributed by atoms with E-state index in [9.17, 15) is 9.59 Å². The van der Waals surface area contributed by atoms with E-state index in [0.717, 1.165) is 5.56 Å². The van der Waals surface area contributed by atoms with Crippen molar-refractivity contribution in [2.24, 2.45) is 0 Å². The molecule has 1 amide bonds. The van der Waals surface area contributed by atoms with Crippen LogP contribution in [0, 0.1) is 6.92 Å². The lowest BCUT2D eigenvalue weighted by Crippen LogP contribution is -2.27. The highest BCUT2D eigenvalue weighted by Gasteiger charge is 2.19. The third kappa shape index (κ3) is 2.10. The van der Waals surface area contributed by atoms with Gasteiger partial charge in [-0.15, -0.1) is 0 Å². The standard InChI is InChI=1S/C10H11NO3/c1-7-4-2-3-5-8(7)9(10(13)14)11-6-12/h2-6,9H,1H3,(H,11,12)(H,13,14). The van der Waals surface area contributed by atoms with Crippen LogP contribution in [0.3, 0.4) is 0 Å². The number of carboxylic acid groups (broad SMARTS) is 1. The molecule has 0 fully saturated rings. The third-order valence-electron chi connectivity index (χ3n) is 1.98. The molecular formula is C10H11NO3. The molecule has 0 saturated heterocycles. The van der Waals surface area contributed by atoms with E-state index < -0.39 is 12.0 Å². The number of carboxylic acids is 1. The summed E-state index contributed by atoms with van der Waals surface area (Å²) < 4.78 is 0. The highest BCUT2D eigenvalue weighted by atomic mass is 16.4. The SMILES string of the molecule is Cc1ccccc1C(NC=O)C(=O)O. The van der Waals surface area contributed by atoms with Crippen LogP contribution in [0.5, 0.6) is 0 Å². The Morgan fingerprint density at radius 3 is 2.64 bits per heavy atom. The first-order chi connectivity index (χ1) is 6.66. The highest BCUT2D eigenvalue weighted by Crippen LogP contribution is 2.16. The Labute approximate surface area is 81.6 Å². The normalized spacial score (nSPS) is 11.8. The van der Waals surface area contributed by atoms with E-state index in [-0.39, 0.29) is 0 Å². The van der Waals surface area contributed by atoms with Crippen molar-refractivity contribution in [1.29, 1.82) is 0 Å². The van der Waals surface area contributed by atoms with Crippen LogP contribution < -0.4 is 5.32 Å². The maximum Gasteiger partial charge on any atom is 0.330 e. The summed E-state index contributed by atoms with van der Waals surface area (Å²) >= 11 is 0. The number of hydrogen-bond donors (Lipinski definition) is 2. The first kappa shape index (κ1) is 10.2. The maximum atomic E-state index is 10.8. The molecule has 1 atom stereocenters. The van der Waals surface area contributed by atoms with Gasteiger partial charge in [0.25, 0.3) is 0 Å². The van der Waals surface area contributed by atoms with Crippen molar-refractivity contribution in [2.75, 3.05) is 0 Å². The predicted molar refractivity (Wildman–Crippen MR) is 50.8 cm³/mol. The number of nitrogens with one attached hydrogen (secondary N) is 1. The van der Waals surface area contributed by atoms with Gasteiger partial charge in [0.1, 0.15) is 0 Å². The number of rotatable bonds is 4. The van der Waals surface area contributed by atoms with E-state index in [1.54, 1.807) is 25.1 Å². The zero-order valence-corrected chi connectivity index (χ0v) is 7.73. The van der Waals surface area contributed by atoms with Crippen LogP contribution in [0.15, 0.2) is 24.3 Å². The van der Waals surface area contributed by atoms with Crippen LogP contribution in [0.1, 0.15) is 17.2 Å². The molecule has 1 unspecified atom stereocenters. The van der Waals surface area contributed by atoms with Gasteiger partial charge in [0.2, 0.25) is 6.41 Å². The lowest BCUT2D eigenvalue weighted by molar-refractivity contribution is -0.140. The average molecular weight is 193 g/mol. The summed E-state index contributed by atoms with van der Waals surface area (Å²) in [6, 6.07) is 6.08. The lowest BCUT2D eigenvalue weighted by Gasteiger charge is -2.13. The minimum absolute atomic E-state index is 0.394. The second-order valence-electron chi connectivity index (χ2n) is 2.91. The molecule has 0 aliphatic rings. The molecule has 0 aliphatic carbocycles. The van der Waals surface area contributed by atoms with Gasteiger partial charge < -0.3 is 10.4 Å². The van der Waals surface area contributed by atoms with Crippen molar-refractivity contribution < 1.29 is 14.7 Å². The quantitative estimate of drug-likeness (QED) is 0.697. The van der Waals surface area contributed by atoms with Crippen molar-refractivity contribution in [3.05, 3.63) is 35.4 Å². The molecule has 74 valence electrons. The number of carbonyl (C=O) groups excluding carboxylic acids is 1. The Balaban J connectivity index is 3.04. The Morgan fingerprint density at radius 2 is 2.14 bits per heavy atom. The Kier molecular flexibility index (Phi) is 3.23. The van der Waals surface area contributed by atoms with Crippen molar-refractivity contribution in [3.8, 4) is 0 Å². The number of carbonyl (C=O) groups is 2. The Hall–Kier alpha value is -1.84. The number of aliphatic carboxylic acids is 1. The number of amides is 1. The van der Waals surface area contributed by atoms with Gasteiger partial charge in [-0.25, -0.2) is 4.79 Å². The minimum Gasteiger partial charge on any atom is -0.479 e. The van der Waals surface area contributed by atoms with Crippen molar-refractivity contribution >= 4 is 12.4 Å². The molecule has 4 nitrogen and oxygen atoms in total. The average Bonchev–Trinajstić information content (AvgIpc) is 2.15. The van der Waals surface area contributed by atoms with Gasteiger partial charge >= 0.3 is 5.97 Å². The van der Waals surface area contributed by atoms with E-state index >= 15 is 0 Å². The predicted octanol–water partition coefficient (Wildman–Crippen LogP) is 0.867. The number of hydrogen-bond acceptors (Lipinski definition) is 2. The van der Waals surface area contributed by atoms with Gasteiger partial charge in [0.15, 0.2) is 6.04 Å². The smallest absolute Gasteiger partial charge is 0.330 e. The minimum atomic E-state index is -1.06. The third-order valence-corrected chi connectivity index (χ3v) is 1.98. The van der Waals surface area contributed by atoms with Gasteiger partial charge in [-0.1, -0.05) is 24.3 Å². The molecule has 2 N–H and O–H groups in total. The Bertz CT molecular complexity index is 349. The van der Waals surface area contributed by atoms with Crippen LogP contribution in [-0.4, -0.2) is 17.5 Å². The highest BCUT2D eigenvalue weighted by molar-refractivity contribution is 5.78. The molecule has 0 radical (unpaired) electrons. The van der Waals surface area contributed by atoms with E-state index in [4.69, 9.17) is 5.11 Å². The molecule has 14 heavy (non-hydrogen) atoms. The van der Waals surface area contributed by atoms with Crippen molar-refractivity contribution in [2.45, 2.75) is 13.0 Å². The summed E-state index contributed by atoms with van der Waals surface area (Å²) in [7, 11) is 0. The summed E-state index contributed by atoms with van der Waals surface area (Å²) in [5.74, 6) is -1.06. The van der Waals surface area contributed by atoms with Gasteiger partial charge in [-0.05, 0) is 18.1 Å². The summed E-state index contributed by atoms with van der Waals surface area (Å²) in [4.78, 5) is 21.1. The van der Waals surface area contributed by atoms with Crippen molar-refractivity contribution in [3.63, 3.8) is 0 Å². The fourth-order valence-electron chi connectivity index (χ4n) is 1.27. The van der Waals surface area contributed by atoms with Crippen LogP contribution in [-0.2, 0) is 9.59 Å². The molecule has 1 rings (SSSR count). The van der Waals surface area contributed by atoms with Crippen LogP contribution >= 0.6 is 0 Å². The zero-order chi connectivity index (χ0) is 10.6. The van der Waals surface area contributed by atoms with Crippen molar-refractivity contribution in [1.82, 2.24) is 5.32 Å². The van der Waals surface area contributed by atoms with E-state index in [1.165, 1.54) is 0 Å². The van der Waals surface area contributed by atoms with Crippen LogP contribution in [0.25, 0.3) is 0 Å². The van der Waals surface area contributed by atoms with Gasteiger partial charge in [-0.2, -0.15) is 0 Å². The molecule has 1 aromatic rings. The first-order valence-electron chi connectivity index (χ1n) is 4.15. The topological polar surface area (TPSA) is 66.4 Å². The molecule has 1 aromatic carbocycles. The molecule has 0 heterocycles. The number of aryl methyl sites for hydroxylation is 1. The molecule has 0 spiro atoms. The summed E-state index contributed by atoms with van der Waals surface area (Å²) in [6.07, 6.45) is 0.394. The van der Waals surface area contributed by atoms with Crippen LogP contribution in [0.4, 0.5) is 0 Å². The summed E-state index contributed by atoms with van der Waals surface area (Å²) in [5.41, 5.74) is 1.45.